The van der Waals surface area contributed by atoms with Crippen molar-refractivity contribution in [2.24, 2.45) is 0 Å². The van der Waals surface area contributed by atoms with Gasteiger partial charge in [0.25, 0.3) is 0 Å². The molecule has 0 saturated heterocycles. The van der Waals surface area contributed by atoms with Crippen molar-refractivity contribution in [1.82, 2.24) is 5.09 Å². The summed E-state index contributed by atoms with van der Waals surface area (Å²) in [7, 11) is -4.16. The Morgan fingerprint density at radius 1 is 0.743 bits per heavy atom. The molecule has 0 spiro atoms. The van der Waals surface area contributed by atoms with E-state index >= 15 is 0 Å². The second-order valence-corrected chi connectivity index (χ2v) is 11.4. The van der Waals surface area contributed by atoms with Crippen LogP contribution >= 0.6 is 15.3 Å². The van der Waals surface area contributed by atoms with Gasteiger partial charge >= 0.3 is 15.3 Å². The summed E-state index contributed by atoms with van der Waals surface area (Å²) in [5.74, 6) is -0.500. The van der Waals surface area contributed by atoms with Crippen LogP contribution in [-0.4, -0.2) is 27.3 Å². The highest BCUT2D eigenvalue weighted by Gasteiger charge is 2.45. The molecular weight excluding hydrogens is 486 g/mol. The van der Waals surface area contributed by atoms with E-state index in [9.17, 15) is 9.13 Å². The molecule has 8 nitrogen and oxygen atoms in total. The summed E-state index contributed by atoms with van der Waals surface area (Å²) in [6.07, 6.45) is 0. The molecule has 0 aliphatic heterocycles. The van der Waals surface area contributed by atoms with Crippen molar-refractivity contribution in [3.8, 4) is 11.5 Å². The molecule has 1 atom stereocenters. The van der Waals surface area contributed by atoms with E-state index in [-0.39, 0.29) is 13.2 Å². The Balaban J connectivity index is 2.13. The maximum Gasteiger partial charge on any atom is 0.452 e. The first-order valence-electron chi connectivity index (χ1n) is 11.3. The first-order chi connectivity index (χ1) is 16.8. The van der Waals surface area contributed by atoms with Crippen LogP contribution in [0.1, 0.15) is 25.2 Å². The molecule has 0 aromatic heterocycles. The topological polar surface area (TPSA) is 86.3 Å². The van der Waals surface area contributed by atoms with Crippen molar-refractivity contribution in [2.45, 2.75) is 19.6 Å². The molecule has 188 valence electrons. The quantitative estimate of drug-likeness (QED) is 0.245. The fourth-order valence-electron chi connectivity index (χ4n) is 3.26. The average molecular weight is 518 g/mol. The molecule has 0 aliphatic rings. The SMILES string of the molecule is CCOP(=O)(NC(c1ccc(N(C)C)cc1)P(=O)(Oc1ccccc1)Oc1ccccc1)OCC. The fourth-order valence-corrected chi connectivity index (χ4v) is 7.22. The minimum Gasteiger partial charge on any atom is -0.415 e. The summed E-state index contributed by atoms with van der Waals surface area (Å²) >= 11 is 0. The Morgan fingerprint density at radius 2 is 1.20 bits per heavy atom. The Hall–Kier alpha value is -2.60. The fraction of sp³-hybridized carbons (Fsp3) is 0.280. The minimum absolute atomic E-state index is 0.125. The molecule has 1 unspecified atom stereocenters. The van der Waals surface area contributed by atoms with Gasteiger partial charge < -0.3 is 13.9 Å². The van der Waals surface area contributed by atoms with Crippen molar-refractivity contribution in [3.05, 3.63) is 90.5 Å². The van der Waals surface area contributed by atoms with Gasteiger partial charge in [0.05, 0.1) is 13.2 Å². The molecule has 0 bridgehead atoms. The standard InChI is InChI=1S/C25H32N2O6P2/c1-5-30-35(29,31-6-2)26-25(21-17-19-22(20-18-21)27(3)4)34(28,32-23-13-9-7-10-14-23)33-24-15-11-8-12-16-24/h7-20,25H,5-6H2,1-4H3,(H,26,29). The van der Waals surface area contributed by atoms with Gasteiger partial charge in [0, 0.05) is 19.8 Å². The van der Waals surface area contributed by atoms with Gasteiger partial charge in [-0.3, -0.25) is 9.05 Å². The third-order valence-corrected chi connectivity index (χ3v) is 8.84. The van der Waals surface area contributed by atoms with Crippen molar-refractivity contribution in [1.29, 1.82) is 0 Å². The summed E-state index contributed by atoms with van der Waals surface area (Å²) < 4.78 is 51.1. The number of para-hydroxylation sites is 2. The largest absolute Gasteiger partial charge is 0.452 e. The Labute approximate surface area is 207 Å². The highest BCUT2D eigenvalue weighted by atomic mass is 31.2. The highest BCUT2D eigenvalue weighted by Crippen LogP contribution is 2.62. The summed E-state index contributed by atoms with van der Waals surface area (Å²) in [6.45, 7) is 3.66. The highest BCUT2D eigenvalue weighted by molar-refractivity contribution is 7.57. The summed E-state index contributed by atoms with van der Waals surface area (Å²) in [5, 5.41) is 2.86. The van der Waals surface area contributed by atoms with E-state index in [1.54, 1.807) is 74.5 Å². The molecule has 0 aliphatic carbocycles. The van der Waals surface area contributed by atoms with Gasteiger partial charge in [-0.1, -0.05) is 48.5 Å². The van der Waals surface area contributed by atoms with Crippen molar-refractivity contribution >= 4 is 21.0 Å². The lowest BCUT2D eigenvalue weighted by atomic mass is 10.2. The van der Waals surface area contributed by atoms with Crippen LogP contribution in [0.2, 0.25) is 0 Å². The summed E-state index contributed by atoms with van der Waals surface area (Å²) in [6, 6.07) is 24.7. The molecule has 0 saturated carbocycles. The lowest BCUT2D eigenvalue weighted by Gasteiger charge is -2.31. The van der Waals surface area contributed by atoms with Gasteiger partial charge in [0.1, 0.15) is 11.5 Å². The molecule has 0 amide bonds. The third-order valence-electron chi connectivity index (χ3n) is 4.87. The van der Waals surface area contributed by atoms with E-state index < -0.39 is 21.1 Å². The number of anilines is 1. The predicted molar refractivity (Wildman–Crippen MR) is 139 cm³/mol. The van der Waals surface area contributed by atoms with Gasteiger partial charge in [0.2, 0.25) is 0 Å². The van der Waals surface area contributed by atoms with Crippen LogP contribution < -0.4 is 19.0 Å². The second kappa shape index (κ2) is 12.4. The lowest BCUT2D eigenvalue weighted by molar-refractivity contribution is 0.208. The van der Waals surface area contributed by atoms with Crippen LogP contribution in [-0.2, 0) is 18.2 Å². The number of nitrogens with zero attached hydrogens (tertiary/aromatic N) is 1. The van der Waals surface area contributed by atoms with Crippen LogP contribution in [0.15, 0.2) is 84.9 Å². The first-order valence-corrected chi connectivity index (χ1v) is 14.5. The monoisotopic (exact) mass is 518 g/mol. The molecule has 10 heteroatoms. The third kappa shape index (κ3) is 7.44. The number of hydrogen-bond donors (Lipinski definition) is 1. The number of hydrogen-bond acceptors (Lipinski definition) is 7. The predicted octanol–water partition coefficient (Wildman–Crippen LogP) is 6.87. The molecule has 3 aromatic carbocycles. The zero-order chi connectivity index (χ0) is 25.3. The van der Waals surface area contributed by atoms with E-state index in [0.717, 1.165) is 5.69 Å². The molecular formula is C25H32N2O6P2. The van der Waals surface area contributed by atoms with Crippen LogP contribution in [0.4, 0.5) is 5.69 Å². The maximum absolute atomic E-state index is 14.6. The van der Waals surface area contributed by atoms with Crippen LogP contribution in [0, 0.1) is 0 Å². The van der Waals surface area contributed by atoms with Crippen LogP contribution in [0.25, 0.3) is 0 Å². The lowest BCUT2D eigenvalue weighted by Crippen LogP contribution is -2.25. The van der Waals surface area contributed by atoms with E-state index in [4.69, 9.17) is 18.1 Å². The molecule has 35 heavy (non-hydrogen) atoms. The molecule has 1 N–H and O–H groups in total. The van der Waals surface area contributed by atoms with Crippen LogP contribution in [0.3, 0.4) is 0 Å². The zero-order valence-corrected chi connectivity index (χ0v) is 22.2. The number of nitrogens with one attached hydrogen (secondary N) is 1. The minimum atomic E-state index is -4.13. The molecule has 0 fully saturated rings. The van der Waals surface area contributed by atoms with E-state index in [1.807, 2.05) is 43.3 Å². The zero-order valence-electron chi connectivity index (χ0n) is 20.4. The van der Waals surface area contributed by atoms with Crippen molar-refractivity contribution in [3.63, 3.8) is 0 Å². The normalized spacial score (nSPS) is 12.7. The number of rotatable bonds is 13. The molecule has 3 aromatic rings. The molecule has 0 radical (unpaired) electrons. The second-order valence-electron chi connectivity index (χ2n) is 7.70. The van der Waals surface area contributed by atoms with Crippen molar-refractivity contribution < 1.29 is 27.2 Å². The van der Waals surface area contributed by atoms with Gasteiger partial charge in [-0.15, -0.1) is 0 Å². The Morgan fingerprint density at radius 3 is 1.60 bits per heavy atom. The van der Waals surface area contributed by atoms with Gasteiger partial charge in [-0.25, -0.2) is 14.2 Å². The van der Waals surface area contributed by atoms with E-state index in [0.29, 0.717) is 17.1 Å². The van der Waals surface area contributed by atoms with Crippen molar-refractivity contribution in [2.75, 3.05) is 32.2 Å². The van der Waals surface area contributed by atoms with E-state index in [2.05, 4.69) is 5.09 Å². The average Bonchev–Trinajstić information content (AvgIpc) is 2.84. The first kappa shape index (κ1) is 27.0. The van der Waals surface area contributed by atoms with Gasteiger partial charge in [-0.05, 0) is 55.8 Å². The summed E-state index contributed by atoms with van der Waals surface area (Å²) in [5.41, 5.74) is 1.47. The summed E-state index contributed by atoms with van der Waals surface area (Å²) in [4.78, 5) is 1.94. The van der Waals surface area contributed by atoms with E-state index in [1.165, 1.54) is 0 Å². The molecule has 3 rings (SSSR count). The van der Waals surface area contributed by atoms with Gasteiger partial charge in [-0.2, -0.15) is 0 Å². The Kier molecular flexibility index (Phi) is 9.55. The molecule has 0 heterocycles. The smallest absolute Gasteiger partial charge is 0.415 e. The van der Waals surface area contributed by atoms with Crippen LogP contribution in [0.5, 0.6) is 11.5 Å². The van der Waals surface area contributed by atoms with Gasteiger partial charge in [0.15, 0.2) is 5.78 Å². The number of benzene rings is 3. The maximum atomic E-state index is 14.6. The Bertz CT molecular complexity index is 1090.